The van der Waals surface area contributed by atoms with E-state index in [4.69, 9.17) is 18.9 Å². The lowest BCUT2D eigenvalue weighted by molar-refractivity contribution is -0.144. The molecule has 1 aliphatic heterocycles. The Bertz CT molecular complexity index is 723. The van der Waals surface area contributed by atoms with Gasteiger partial charge in [0.05, 0.1) is 34.3 Å². The second kappa shape index (κ2) is 6.96. The highest BCUT2D eigenvalue weighted by atomic mass is 28.3. The van der Waals surface area contributed by atoms with E-state index in [0.717, 1.165) is 5.56 Å². The Balaban J connectivity index is 2.16. The fourth-order valence-corrected chi connectivity index (χ4v) is 6.69. The number of rotatable bonds is 4. The summed E-state index contributed by atoms with van der Waals surface area (Å²) in [5.41, 5.74) is 0.832. The molecule has 1 aromatic carbocycles. The number of aliphatic hydroxyl groups is 1. The summed E-state index contributed by atoms with van der Waals surface area (Å²) in [7, 11) is 1.12. The van der Waals surface area contributed by atoms with E-state index < -0.39 is 20.1 Å². The number of carbonyl (C=O) groups is 1. The highest BCUT2D eigenvalue weighted by Gasteiger charge is 2.47. The summed E-state index contributed by atoms with van der Waals surface area (Å²) in [5.74, 6) is 0.737. The Morgan fingerprint density at radius 3 is 2.54 bits per heavy atom. The monoisotopic (exact) mass is 378 g/mol. The molecule has 4 atom stereocenters. The summed E-state index contributed by atoms with van der Waals surface area (Å²) >= 11 is 0. The largest absolute Gasteiger partial charge is 0.493 e. The Hall–Kier alpha value is -1.99. The highest BCUT2D eigenvalue weighted by molar-refractivity contribution is 6.78. The van der Waals surface area contributed by atoms with E-state index in [0.29, 0.717) is 17.2 Å². The third-order valence-corrected chi connectivity index (χ3v) is 7.90. The van der Waals surface area contributed by atoms with Crippen molar-refractivity contribution in [3.8, 4) is 17.2 Å². The lowest BCUT2D eigenvalue weighted by atomic mass is 9.77. The van der Waals surface area contributed by atoms with Gasteiger partial charge in [-0.2, -0.15) is 0 Å². The van der Waals surface area contributed by atoms with Crippen molar-refractivity contribution in [2.75, 3.05) is 21.0 Å². The molecule has 0 bridgehead atoms. The molecule has 1 aliphatic carbocycles. The van der Waals surface area contributed by atoms with Crippen LogP contribution < -0.4 is 14.2 Å². The van der Waals surface area contributed by atoms with Crippen LogP contribution in [-0.2, 0) is 9.53 Å². The van der Waals surface area contributed by atoms with Gasteiger partial charge in [-0.3, -0.25) is 4.79 Å². The Kier molecular flexibility index (Phi) is 5.03. The molecule has 0 fully saturated rings. The van der Waals surface area contributed by atoms with E-state index in [1.165, 1.54) is 7.11 Å². The minimum absolute atomic E-state index is 0.0540. The fraction of sp³-hybridized carbons (Fsp3) is 0.526. The molecule has 0 spiro atoms. The van der Waals surface area contributed by atoms with Gasteiger partial charge in [0.25, 0.3) is 0 Å². The Morgan fingerprint density at radius 2 is 1.92 bits per heavy atom. The molecule has 0 unspecified atom stereocenters. The zero-order chi connectivity index (χ0) is 19.1. The summed E-state index contributed by atoms with van der Waals surface area (Å²) in [6, 6.07) is 3.78. The summed E-state index contributed by atoms with van der Waals surface area (Å²) in [6.45, 7) is 6.74. The molecule has 6 nitrogen and oxygen atoms in total. The zero-order valence-electron chi connectivity index (χ0n) is 15.8. The number of carbonyl (C=O) groups excluding carboxylic acids is 1. The molecule has 0 aromatic heterocycles. The first-order valence-corrected chi connectivity index (χ1v) is 12.3. The summed E-state index contributed by atoms with van der Waals surface area (Å²) in [4.78, 5) is 12.5. The molecule has 0 saturated heterocycles. The van der Waals surface area contributed by atoms with Crippen molar-refractivity contribution < 1.29 is 28.8 Å². The predicted octanol–water partition coefficient (Wildman–Crippen LogP) is 2.94. The van der Waals surface area contributed by atoms with Crippen LogP contribution in [0.3, 0.4) is 0 Å². The molecule has 1 heterocycles. The molecule has 26 heavy (non-hydrogen) atoms. The first-order valence-electron chi connectivity index (χ1n) is 8.69. The van der Waals surface area contributed by atoms with Gasteiger partial charge in [0.1, 0.15) is 0 Å². The van der Waals surface area contributed by atoms with Crippen LogP contribution in [0.4, 0.5) is 0 Å². The highest BCUT2D eigenvalue weighted by Crippen LogP contribution is 2.52. The molecule has 1 N–H and O–H groups in total. The minimum Gasteiger partial charge on any atom is -0.493 e. The number of fused-ring (bicyclic) bond motifs is 1. The molecule has 0 saturated carbocycles. The van der Waals surface area contributed by atoms with E-state index in [1.807, 2.05) is 12.1 Å². The van der Waals surface area contributed by atoms with Gasteiger partial charge in [-0.05, 0) is 23.2 Å². The smallest absolute Gasteiger partial charge is 0.313 e. The zero-order valence-corrected chi connectivity index (χ0v) is 16.8. The van der Waals surface area contributed by atoms with Crippen molar-refractivity contribution >= 4 is 14.0 Å². The molecule has 2 aliphatic rings. The van der Waals surface area contributed by atoms with Crippen molar-refractivity contribution in [2.45, 2.75) is 37.2 Å². The van der Waals surface area contributed by atoms with Gasteiger partial charge in [0, 0.05) is 5.92 Å². The van der Waals surface area contributed by atoms with E-state index in [2.05, 4.69) is 19.6 Å². The Morgan fingerprint density at radius 1 is 1.19 bits per heavy atom. The molecular formula is C19H26O6Si. The van der Waals surface area contributed by atoms with Gasteiger partial charge in [-0.25, -0.2) is 0 Å². The predicted molar refractivity (Wildman–Crippen MR) is 99.6 cm³/mol. The minimum atomic E-state index is -1.84. The average molecular weight is 378 g/mol. The van der Waals surface area contributed by atoms with Crippen LogP contribution in [0, 0.1) is 5.92 Å². The lowest BCUT2D eigenvalue weighted by Crippen LogP contribution is -2.45. The number of benzene rings is 1. The quantitative estimate of drug-likeness (QED) is 0.493. The number of hydrogen-bond acceptors (Lipinski definition) is 6. The Labute approximate surface area is 154 Å². The van der Waals surface area contributed by atoms with E-state index >= 15 is 0 Å². The molecule has 142 valence electrons. The maximum Gasteiger partial charge on any atom is 0.313 e. The molecule has 1 aromatic rings. The maximum atomic E-state index is 12.5. The third kappa shape index (κ3) is 3.21. The van der Waals surface area contributed by atoms with Gasteiger partial charge >= 0.3 is 5.97 Å². The molecule has 0 amide bonds. The number of methoxy groups -OCH3 is 2. The molecular weight excluding hydrogens is 352 g/mol. The number of esters is 1. The van der Waals surface area contributed by atoms with Crippen molar-refractivity contribution in [3.63, 3.8) is 0 Å². The van der Waals surface area contributed by atoms with Crippen molar-refractivity contribution in [1.29, 1.82) is 0 Å². The van der Waals surface area contributed by atoms with Gasteiger partial charge < -0.3 is 24.1 Å². The number of hydrogen-bond donors (Lipinski definition) is 1. The summed E-state index contributed by atoms with van der Waals surface area (Å²) in [6.07, 6.45) is 2.88. The normalized spacial score (nSPS) is 27.3. The molecule has 7 heteroatoms. The fourth-order valence-electron chi connectivity index (χ4n) is 4.08. The van der Waals surface area contributed by atoms with Gasteiger partial charge in [-0.1, -0.05) is 31.8 Å². The van der Waals surface area contributed by atoms with Crippen LogP contribution in [-0.4, -0.2) is 46.3 Å². The molecule has 3 rings (SSSR count). The van der Waals surface area contributed by atoms with Crippen molar-refractivity contribution in [2.24, 2.45) is 5.92 Å². The lowest BCUT2D eigenvalue weighted by Gasteiger charge is -2.43. The van der Waals surface area contributed by atoms with Crippen molar-refractivity contribution in [3.05, 3.63) is 29.8 Å². The summed E-state index contributed by atoms with van der Waals surface area (Å²) < 4.78 is 21.5. The van der Waals surface area contributed by atoms with Gasteiger partial charge in [0.15, 0.2) is 11.5 Å². The first kappa shape index (κ1) is 18.8. The van der Waals surface area contributed by atoms with Gasteiger partial charge in [0.2, 0.25) is 12.5 Å². The van der Waals surface area contributed by atoms with Crippen LogP contribution >= 0.6 is 0 Å². The molecule has 0 radical (unpaired) electrons. The maximum absolute atomic E-state index is 12.5. The number of aliphatic hydroxyl groups excluding tert-OH is 1. The second-order valence-corrected chi connectivity index (χ2v) is 13.2. The first-order chi connectivity index (χ1) is 12.3. The van der Waals surface area contributed by atoms with Gasteiger partial charge in [-0.15, -0.1) is 0 Å². The van der Waals surface area contributed by atoms with E-state index in [1.54, 1.807) is 19.3 Å². The van der Waals surface area contributed by atoms with Crippen molar-refractivity contribution in [1.82, 2.24) is 0 Å². The van der Waals surface area contributed by atoms with Crippen LogP contribution in [0.2, 0.25) is 25.2 Å². The SMILES string of the molecule is COC(=O)[C@H]1C=C[C@@H](O)[C@@H]([Si](C)(C)C)[C@@H]1c1cc(OC)c2c(c1)OCO2. The topological polar surface area (TPSA) is 74.2 Å². The van der Waals surface area contributed by atoms with E-state index in [9.17, 15) is 9.90 Å². The second-order valence-electron chi connectivity index (χ2n) is 7.80. The van der Waals surface area contributed by atoms with Crippen LogP contribution in [0.1, 0.15) is 11.5 Å². The summed E-state index contributed by atoms with van der Waals surface area (Å²) in [5, 5.41) is 10.7. The standard InChI is InChI=1S/C19H26O6Si/c1-22-14-8-11(9-15-17(14)25-10-24-15)16-12(19(21)23-2)6-7-13(20)18(16)26(3,4)5/h6-9,12-13,16,18,20H,10H2,1-5H3/t12-,13+,16+,18+/m0/s1. The third-order valence-electron chi connectivity index (χ3n) is 5.20. The number of ether oxygens (including phenoxy) is 4. The van der Waals surface area contributed by atoms with Crippen LogP contribution in [0.5, 0.6) is 17.2 Å². The average Bonchev–Trinajstić information content (AvgIpc) is 3.07. The van der Waals surface area contributed by atoms with Crippen LogP contribution in [0.25, 0.3) is 0 Å². The van der Waals surface area contributed by atoms with E-state index in [-0.39, 0.29) is 24.2 Å². The van der Waals surface area contributed by atoms with Crippen LogP contribution in [0.15, 0.2) is 24.3 Å².